The van der Waals surface area contributed by atoms with Crippen LogP contribution in [-0.2, 0) is 6.61 Å². The minimum atomic E-state index is -0.133. The van der Waals surface area contributed by atoms with Crippen LogP contribution < -0.4 is 5.73 Å². The highest BCUT2D eigenvalue weighted by Crippen LogP contribution is 2.14. The van der Waals surface area contributed by atoms with Gasteiger partial charge in [0.25, 0.3) is 0 Å². The predicted octanol–water partition coefficient (Wildman–Crippen LogP) is -0.196. The molecule has 2 aromatic rings. The second-order valence-electron chi connectivity index (χ2n) is 2.41. The number of nitrogen functional groups attached to an aromatic ring is 1. The van der Waals surface area contributed by atoms with Gasteiger partial charge in [0, 0.05) is 12.4 Å². The summed E-state index contributed by atoms with van der Waals surface area (Å²) in [5.41, 5.74) is 6.72. The van der Waals surface area contributed by atoms with Crippen molar-refractivity contribution in [3.8, 4) is 0 Å². The number of aliphatic hydroxyl groups is 1. The molecule has 62 valence electrons. The lowest BCUT2D eigenvalue weighted by atomic mass is 10.3. The van der Waals surface area contributed by atoms with Crippen LogP contribution in [0.25, 0.3) is 5.65 Å². The van der Waals surface area contributed by atoms with E-state index in [4.69, 9.17) is 10.8 Å². The molecule has 0 amide bonds. The van der Waals surface area contributed by atoms with Gasteiger partial charge in [-0.2, -0.15) is 0 Å². The van der Waals surface area contributed by atoms with Crippen molar-refractivity contribution in [1.82, 2.24) is 14.6 Å². The van der Waals surface area contributed by atoms with Gasteiger partial charge in [0.05, 0.1) is 12.2 Å². The van der Waals surface area contributed by atoms with E-state index in [1.165, 1.54) is 0 Å². The van der Waals surface area contributed by atoms with Crippen LogP contribution in [-0.4, -0.2) is 19.7 Å². The van der Waals surface area contributed by atoms with Crippen LogP contribution in [0.1, 0.15) is 5.56 Å². The first kappa shape index (κ1) is 7.05. The van der Waals surface area contributed by atoms with Crippen LogP contribution in [0.4, 0.5) is 5.82 Å². The molecule has 0 bridgehead atoms. The van der Waals surface area contributed by atoms with Crippen LogP contribution in [0.5, 0.6) is 0 Å². The van der Waals surface area contributed by atoms with Gasteiger partial charge in [-0.3, -0.25) is 0 Å². The van der Waals surface area contributed by atoms with Crippen LogP contribution >= 0.6 is 0 Å². The lowest BCUT2D eigenvalue weighted by molar-refractivity contribution is 0.284. The molecule has 5 nitrogen and oxygen atoms in total. The molecule has 0 spiro atoms. The van der Waals surface area contributed by atoms with E-state index in [2.05, 4.69) is 10.1 Å². The van der Waals surface area contributed by atoms with Crippen molar-refractivity contribution in [1.29, 1.82) is 0 Å². The van der Waals surface area contributed by atoms with Crippen molar-refractivity contribution in [2.75, 3.05) is 5.73 Å². The average Bonchev–Trinajstić information content (AvgIpc) is 2.40. The van der Waals surface area contributed by atoms with Gasteiger partial charge in [0.2, 0.25) is 0 Å². The molecule has 0 aliphatic rings. The molecule has 0 fully saturated rings. The lowest BCUT2D eigenvalue weighted by Gasteiger charge is -1.91. The number of aromatic nitrogens is 3. The van der Waals surface area contributed by atoms with E-state index in [0.717, 1.165) is 0 Å². The van der Waals surface area contributed by atoms with E-state index in [1.807, 2.05) is 0 Å². The van der Waals surface area contributed by atoms with Crippen molar-refractivity contribution in [2.24, 2.45) is 0 Å². The van der Waals surface area contributed by atoms with Crippen molar-refractivity contribution < 1.29 is 5.11 Å². The molecule has 0 atom stereocenters. The molecule has 2 heterocycles. The Bertz CT molecular complexity index is 409. The Balaban J connectivity index is 2.81. The number of hydrogen-bond donors (Lipinski definition) is 2. The molecule has 0 aromatic carbocycles. The van der Waals surface area contributed by atoms with Crippen LogP contribution in [0.15, 0.2) is 18.5 Å². The minimum Gasteiger partial charge on any atom is -0.391 e. The van der Waals surface area contributed by atoms with Gasteiger partial charge in [-0.25, -0.2) is 9.50 Å². The first-order chi connectivity index (χ1) is 5.83. The van der Waals surface area contributed by atoms with Gasteiger partial charge >= 0.3 is 0 Å². The molecule has 3 N–H and O–H groups in total. The van der Waals surface area contributed by atoms with E-state index in [1.54, 1.807) is 23.0 Å². The number of anilines is 1. The molecule has 0 aliphatic carbocycles. The SMILES string of the molecule is Nc1nn2cccnc2c1CO. The summed E-state index contributed by atoms with van der Waals surface area (Å²) in [6, 6.07) is 1.75. The third-order valence-corrected chi connectivity index (χ3v) is 1.68. The fourth-order valence-electron chi connectivity index (χ4n) is 1.10. The van der Waals surface area contributed by atoms with Gasteiger partial charge in [-0.1, -0.05) is 0 Å². The van der Waals surface area contributed by atoms with Crippen molar-refractivity contribution in [3.05, 3.63) is 24.0 Å². The van der Waals surface area contributed by atoms with Crippen molar-refractivity contribution >= 4 is 11.5 Å². The predicted molar refractivity (Wildman–Crippen MR) is 43.3 cm³/mol. The first-order valence-electron chi connectivity index (χ1n) is 3.51. The zero-order valence-electron chi connectivity index (χ0n) is 6.31. The van der Waals surface area contributed by atoms with Gasteiger partial charge in [0.15, 0.2) is 11.5 Å². The molecular weight excluding hydrogens is 156 g/mol. The molecule has 0 radical (unpaired) electrons. The summed E-state index contributed by atoms with van der Waals surface area (Å²) in [7, 11) is 0. The summed E-state index contributed by atoms with van der Waals surface area (Å²) < 4.78 is 1.54. The molecule has 0 saturated carbocycles. The summed E-state index contributed by atoms with van der Waals surface area (Å²) >= 11 is 0. The highest BCUT2D eigenvalue weighted by Gasteiger charge is 2.08. The van der Waals surface area contributed by atoms with Gasteiger partial charge in [-0.15, -0.1) is 5.10 Å². The fourth-order valence-corrected chi connectivity index (χ4v) is 1.10. The second-order valence-corrected chi connectivity index (χ2v) is 2.41. The molecule has 0 saturated heterocycles. The molecule has 2 aromatic heterocycles. The highest BCUT2D eigenvalue weighted by atomic mass is 16.3. The number of nitrogens with zero attached hydrogens (tertiary/aromatic N) is 3. The first-order valence-corrected chi connectivity index (χ1v) is 3.51. The summed E-state index contributed by atoms with van der Waals surface area (Å²) in [4.78, 5) is 4.03. The largest absolute Gasteiger partial charge is 0.391 e. The molecule has 0 unspecified atom stereocenters. The third kappa shape index (κ3) is 0.835. The molecular formula is C7H8N4O. The summed E-state index contributed by atoms with van der Waals surface area (Å²) in [5, 5.41) is 12.9. The monoisotopic (exact) mass is 164 g/mol. The summed E-state index contributed by atoms with van der Waals surface area (Å²) in [6.07, 6.45) is 3.37. The number of aliphatic hydroxyl groups excluding tert-OH is 1. The number of fused-ring (bicyclic) bond motifs is 1. The Labute approximate surface area is 68.5 Å². The van der Waals surface area contributed by atoms with E-state index in [9.17, 15) is 0 Å². The Morgan fingerprint density at radius 1 is 1.58 bits per heavy atom. The zero-order chi connectivity index (χ0) is 8.55. The van der Waals surface area contributed by atoms with E-state index in [-0.39, 0.29) is 6.61 Å². The smallest absolute Gasteiger partial charge is 0.162 e. The van der Waals surface area contributed by atoms with E-state index >= 15 is 0 Å². The number of hydrogen-bond acceptors (Lipinski definition) is 4. The Morgan fingerprint density at radius 2 is 2.42 bits per heavy atom. The third-order valence-electron chi connectivity index (χ3n) is 1.68. The highest BCUT2D eigenvalue weighted by molar-refractivity contribution is 5.58. The summed E-state index contributed by atoms with van der Waals surface area (Å²) in [5.74, 6) is 0.330. The molecule has 2 rings (SSSR count). The standard InChI is InChI=1S/C7H8N4O/c8-6-5(4-12)7-9-2-1-3-11(7)10-6/h1-3,12H,4H2,(H2,8,10). The van der Waals surface area contributed by atoms with Crippen LogP contribution in [0.3, 0.4) is 0 Å². The average molecular weight is 164 g/mol. The maximum atomic E-state index is 8.93. The molecule has 0 aliphatic heterocycles. The number of rotatable bonds is 1. The Kier molecular flexibility index (Phi) is 1.44. The second kappa shape index (κ2) is 2.46. The van der Waals surface area contributed by atoms with Crippen LogP contribution in [0, 0.1) is 0 Å². The zero-order valence-corrected chi connectivity index (χ0v) is 6.31. The maximum absolute atomic E-state index is 8.93. The Morgan fingerprint density at radius 3 is 3.17 bits per heavy atom. The maximum Gasteiger partial charge on any atom is 0.162 e. The normalized spacial score (nSPS) is 10.8. The van der Waals surface area contributed by atoms with Crippen molar-refractivity contribution in [3.63, 3.8) is 0 Å². The van der Waals surface area contributed by atoms with Crippen LogP contribution in [0.2, 0.25) is 0 Å². The molecule has 12 heavy (non-hydrogen) atoms. The van der Waals surface area contributed by atoms with E-state index < -0.39 is 0 Å². The van der Waals surface area contributed by atoms with E-state index in [0.29, 0.717) is 17.0 Å². The lowest BCUT2D eigenvalue weighted by Crippen LogP contribution is -1.90. The van der Waals surface area contributed by atoms with Crippen molar-refractivity contribution in [2.45, 2.75) is 6.61 Å². The van der Waals surface area contributed by atoms with Gasteiger partial charge in [0.1, 0.15) is 0 Å². The topological polar surface area (TPSA) is 76.4 Å². The Hall–Kier alpha value is -1.62. The minimum absolute atomic E-state index is 0.133. The van der Waals surface area contributed by atoms with Gasteiger partial charge < -0.3 is 10.8 Å². The van der Waals surface area contributed by atoms with Gasteiger partial charge in [-0.05, 0) is 6.07 Å². The molecule has 5 heteroatoms. The summed E-state index contributed by atoms with van der Waals surface area (Å²) in [6.45, 7) is -0.133. The number of nitrogens with two attached hydrogens (primary N) is 1. The quantitative estimate of drug-likeness (QED) is 0.612. The fraction of sp³-hybridized carbons (Fsp3) is 0.143.